The molecule has 0 aliphatic heterocycles. The molecule has 1 aromatic heterocycles. The summed E-state index contributed by atoms with van der Waals surface area (Å²) in [5.41, 5.74) is 10.8. The third kappa shape index (κ3) is 2.39. The minimum Gasteiger partial charge on any atom is -0.398 e. The normalized spacial score (nSPS) is 17.7. The van der Waals surface area contributed by atoms with Crippen molar-refractivity contribution in [3.63, 3.8) is 0 Å². The number of aromatic nitrogens is 1. The summed E-state index contributed by atoms with van der Waals surface area (Å²) in [4.78, 5) is 4.86. The molecule has 1 unspecified atom stereocenters. The Morgan fingerprint density at radius 1 is 1.25 bits per heavy atom. The van der Waals surface area contributed by atoms with Gasteiger partial charge < -0.3 is 5.73 Å². The Morgan fingerprint density at radius 3 is 2.70 bits per heavy atom. The van der Waals surface area contributed by atoms with Crippen molar-refractivity contribution < 1.29 is 0 Å². The van der Waals surface area contributed by atoms with E-state index in [9.17, 15) is 0 Å². The Hall–Kier alpha value is -1.57. The van der Waals surface area contributed by atoms with Crippen molar-refractivity contribution >= 4 is 16.6 Å². The van der Waals surface area contributed by atoms with Crippen LogP contribution in [0.1, 0.15) is 69.0 Å². The van der Waals surface area contributed by atoms with E-state index < -0.39 is 0 Å². The predicted molar refractivity (Wildman–Crippen MR) is 86.1 cm³/mol. The Morgan fingerprint density at radius 2 is 2.00 bits per heavy atom. The fraction of sp³-hybridized carbons (Fsp3) is 0.500. The first-order valence-electron chi connectivity index (χ1n) is 7.89. The number of pyridine rings is 1. The Balaban J connectivity index is 2.04. The largest absolute Gasteiger partial charge is 0.398 e. The first-order valence-corrected chi connectivity index (χ1v) is 7.89. The van der Waals surface area contributed by atoms with Gasteiger partial charge in [0, 0.05) is 22.7 Å². The lowest BCUT2D eigenvalue weighted by Gasteiger charge is -2.14. The Kier molecular flexibility index (Phi) is 3.64. The van der Waals surface area contributed by atoms with E-state index in [0.717, 1.165) is 23.0 Å². The van der Waals surface area contributed by atoms with Crippen LogP contribution in [-0.2, 0) is 0 Å². The molecule has 2 aromatic rings. The molecule has 0 amide bonds. The van der Waals surface area contributed by atoms with Gasteiger partial charge in [0.25, 0.3) is 0 Å². The van der Waals surface area contributed by atoms with Crippen LogP contribution < -0.4 is 5.73 Å². The Bertz CT molecular complexity index is 612. The van der Waals surface area contributed by atoms with Crippen LogP contribution >= 0.6 is 0 Å². The van der Waals surface area contributed by atoms with Gasteiger partial charge in [-0.2, -0.15) is 0 Å². The summed E-state index contributed by atoms with van der Waals surface area (Å²) in [6.45, 7) is 4.48. The second-order valence-corrected chi connectivity index (χ2v) is 6.20. The maximum Gasteiger partial charge on any atom is 0.0726 e. The average Bonchev–Trinajstić information content (AvgIpc) is 3.00. The number of anilines is 1. The maximum absolute atomic E-state index is 6.30. The van der Waals surface area contributed by atoms with Crippen LogP contribution in [0.3, 0.4) is 0 Å². The van der Waals surface area contributed by atoms with Crippen LogP contribution in [0, 0.1) is 0 Å². The van der Waals surface area contributed by atoms with Gasteiger partial charge in [-0.3, -0.25) is 4.98 Å². The zero-order valence-electron chi connectivity index (χ0n) is 12.5. The van der Waals surface area contributed by atoms with Crippen molar-refractivity contribution in [1.29, 1.82) is 0 Å². The SMILES string of the molecule is CCC(C)c1ccc2nc(C3CCCC3)cc(N)c2c1. The highest BCUT2D eigenvalue weighted by molar-refractivity contribution is 5.91. The van der Waals surface area contributed by atoms with Gasteiger partial charge in [0.15, 0.2) is 0 Å². The monoisotopic (exact) mass is 268 g/mol. The second-order valence-electron chi connectivity index (χ2n) is 6.20. The molecule has 1 atom stereocenters. The summed E-state index contributed by atoms with van der Waals surface area (Å²) in [7, 11) is 0. The molecule has 1 aromatic carbocycles. The van der Waals surface area contributed by atoms with E-state index in [1.807, 2.05) is 0 Å². The van der Waals surface area contributed by atoms with E-state index in [1.165, 1.54) is 36.9 Å². The molecule has 1 aliphatic carbocycles. The highest BCUT2D eigenvalue weighted by Crippen LogP contribution is 2.36. The molecule has 1 fully saturated rings. The lowest BCUT2D eigenvalue weighted by Crippen LogP contribution is -2.01. The van der Waals surface area contributed by atoms with Crippen LogP contribution in [0.5, 0.6) is 0 Å². The number of fused-ring (bicyclic) bond motifs is 1. The highest BCUT2D eigenvalue weighted by atomic mass is 14.7. The molecule has 0 radical (unpaired) electrons. The topological polar surface area (TPSA) is 38.9 Å². The Labute approximate surface area is 121 Å². The summed E-state index contributed by atoms with van der Waals surface area (Å²) in [5, 5.41) is 1.12. The molecule has 3 rings (SSSR count). The fourth-order valence-corrected chi connectivity index (χ4v) is 3.26. The number of hydrogen-bond donors (Lipinski definition) is 1. The first-order chi connectivity index (χ1) is 9.69. The zero-order chi connectivity index (χ0) is 14.1. The number of nitrogens with zero attached hydrogens (tertiary/aromatic N) is 1. The van der Waals surface area contributed by atoms with Gasteiger partial charge in [-0.15, -0.1) is 0 Å². The third-order valence-corrected chi connectivity index (χ3v) is 4.84. The van der Waals surface area contributed by atoms with Gasteiger partial charge in [0.1, 0.15) is 0 Å². The molecule has 2 nitrogen and oxygen atoms in total. The molecule has 2 heteroatoms. The summed E-state index contributed by atoms with van der Waals surface area (Å²) >= 11 is 0. The average molecular weight is 268 g/mol. The molecular formula is C18H24N2. The second kappa shape index (κ2) is 5.43. The quantitative estimate of drug-likeness (QED) is 0.851. The van der Waals surface area contributed by atoms with Crippen molar-refractivity contribution in [2.45, 2.75) is 57.8 Å². The zero-order valence-corrected chi connectivity index (χ0v) is 12.5. The summed E-state index contributed by atoms with van der Waals surface area (Å²) in [6.07, 6.45) is 6.35. The minimum atomic E-state index is 0.577. The minimum absolute atomic E-state index is 0.577. The van der Waals surface area contributed by atoms with E-state index in [2.05, 4.69) is 38.1 Å². The van der Waals surface area contributed by atoms with Crippen LogP contribution in [0.4, 0.5) is 5.69 Å². The summed E-state index contributed by atoms with van der Waals surface area (Å²) in [6, 6.07) is 8.69. The highest BCUT2D eigenvalue weighted by Gasteiger charge is 2.19. The lowest BCUT2D eigenvalue weighted by atomic mass is 9.95. The molecule has 106 valence electrons. The molecule has 1 heterocycles. The van der Waals surface area contributed by atoms with Crippen LogP contribution in [0.2, 0.25) is 0 Å². The number of nitrogen functional groups attached to an aromatic ring is 1. The van der Waals surface area contributed by atoms with E-state index in [1.54, 1.807) is 0 Å². The molecule has 1 saturated carbocycles. The third-order valence-electron chi connectivity index (χ3n) is 4.84. The van der Waals surface area contributed by atoms with Gasteiger partial charge in [-0.25, -0.2) is 0 Å². The van der Waals surface area contributed by atoms with Crippen LogP contribution in [0.15, 0.2) is 24.3 Å². The number of hydrogen-bond acceptors (Lipinski definition) is 2. The van der Waals surface area contributed by atoms with Crippen molar-refractivity contribution in [1.82, 2.24) is 4.98 Å². The van der Waals surface area contributed by atoms with Gasteiger partial charge in [-0.05, 0) is 48.9 Å². The molecule has 0 bridgehead atoms. The van der Waals surface area contributed by atoms with Crippen molar-refractivity contribution in [3.8, 4) is 0 Å². The van der Waals surface area contributed by atoms with Crippen LogP contribution in [-0.4, -0.2) is 4.98 Å². The van der Waals surface area contributed by atoms with Crippen molar-refractivity contribution in [3.05, 3.63) is 35.5 Å². The summed E-state index contributed by atoms with van der Waals surface area (Å²) < 4.78 is 0. The fourth-order valence-electron chi connectivity index (χ4n) is 3.26. The first kappa shape index (κ1) is 13.4. The number of rotatable bonds is 3. The summed E-state index contributed by atoms with van der Waals surface area (Å²) in [5.74, 6) is 1.20. The van der Waals surface area contributed by atoms with Crippen molar-refractivity contribution in [2.75, 3.05) is 5.73 Å². The molecule has 0 spiro atoms. The van der Waals surface area contributed by atoms with Gasteiger partial charge in [-0.1, -0.05) is 32.8 Å². The van der Waals surface area contributed by atoms with E-state index >= 15 is 0 Å². The van der Waals surface area contributed by atoms with Gasteiger partial charge in [0.05, 0.1) is 5.52 Å². The van der Waals surface area contributed by atoms with E-state index in [0.29, 0.717) is 11.8 Å². The van der Waals surface area contributed by atoms with Gasteiger partial charge >= 0.3 is 0 Å². The molecule has 20 heavy (non-hydrogen) atoms. The van der Waals surface area contributed by atoms with Crippen LogP contribution in [0.25, 0.3) is 10.9 Å². The predicted octanol–water partition coefficient (Wildman–Crippen LogP) is 4.99. The van der Waals surface area contributed by atoms with Crippen molar-refractivity contribution in [2.24, 2.45) is 0 Å². The number of nitrogens with two attached hydrogens (primary N) is 1. The lowest BCUT2D eigenvalue weighted by molar-refractivity contribution is 0.701. The number of benzene rings is 1. The van der Waals surface area contributed by atoms with E-state index in [-0.39, 0.29) is 0 Å². The molecular weight excluding hydrogens is 244 g/mol. The standard InChI is InChI=1S/C18H24N2/c1-3-12(2)14-8-9-17-15(10-14)16(19)11-18(20-17)13-6-4-5-7-13/h8-13H,3-7H2,1-2H3,(H2,19,20). The molecule has 2 N–H and O–H groups in total. The molecule has 0 saturated heterocycles. The molecule has 1 aliphatic rings. The smallest absolute Gasteiger partial charge is 0.0726 e. The van der Waals surface area contributed by atoms with Gasteiger partial charge in [0.2, 0.25) is 0 Å². The maximum atomic E-state index is 6.30. The van der Waals surface area contributed by atoms with E-state index in [4.69, 9.17) is 10.7 Å².